The summed E-state index contributed by atoms with van der Waals surface area (Å²) >= 11 is 7.37. The van der Waals surface area contributed by atoms with Gasteiger partial charge in [-0.3, -0.25) is 0 Å². The van der Waals surface area contributed by atoms with Gasteiger partial charge in [0.15, 0.2) is 5.16 Å². The zero-order valence-corrected chi connectivity index (χ0v) is 10.9. The van der Waals surface area contributed by atoms with Crippen molar-refractivity contribution < 1.29 is 4.74 Å². The minimum Gasteiger partial charge on any atom is -0.474 e. The molecule has 0 spiro atoms. The number of halogens is 1. The third-order valence-electron chi connectivity index (χ3n) is 2.67. The second-order valence-electron chi connectivity index (χ2n) is 3.89. The van der Waals surface area contributed by atoms with Crippen molar-refractivity contribution in [2.24, 2.45) is 0 Å². The smallest absolute Gasteiger partial charge is 0.219 e. The molecule has 0 unspecified atom stereocenters. The summed E-state index contributed by atoms with van der Waals surface area (Å²) in [4.78, 5) is 8.37. The number of hydrogen-bond acceptors (Lipinski definition) is 4. The molecule has 0 atom stereocenters. The third kappa shape index (κ3) is 3.25. The fraction of sp³-hybridized carbons (Fsp3) is 0.636. The van der Waals surface area contributed by atoms with Gasteiger partial charge in [-0.2, -0.15) is 4.98 Å². The lowest BCUT2D eigenvalue weighted by atomic mass is 9.98. The van der Waals surface area contributed by atoms with Gasteiger partial charge < -0.3 is 4.74 Å². The lowest BCUT2D eigenvalue weighted by Crippen LogP contribution is -2.20. The van der Waals surface area contributed by atoms with Gasteiger partial charge in [0, 0.05) is 6.07 Å². The SMILES string of the molecule is CSc1nc(Cl)cc(OC2CCCCC2)n1. The summed E-state index contributed by atoms with van der Waals surface area (Å²) in [6, 6.07) is 1.69. The first-order chi connectivity index (χ1) is 7.78. The molecular weight excluding hydrogens is 244 g/mol. The van der Waals surface area contributed by atoms with Crippen LogP contribution in [0.15, 0.2) is 11.2 Å². The van der Waals surface area contributed by atoms with Gasteiger partial charge in [-0.05, 0) is 31.9 Å². The van der Waals surface area contributed by atoms with Gasteiger partial charge in [0.05, 0.1) is 0 Å². The fourth-order valence-electron chi connectivity index (χ4n) is 1.88. The lowest BCUT2D eigenvalue weighted by molar-refractivity contribution is 0.147. The first-order valence-corrected chi connectivity index (χ1v) is 7.13. The van der Waals surface area contributed by atoms with Crippen LogP contribution in [-0.4, -0.2) is 22.3 Å². The molecule has 3 nitrogen and oxygen atoms in total. The molecule has 0 aliphatic heterocycles. The normalized spacial score (nSPS) is 17.4. The van der Waals surface area contributed by atoms with E-state index < -0.39 is 0 Å². The van der Waals surface area contributed by atoms with Gasteiger partial charge in [0.25, 0.3) is 0 Å². The van der Waals surface area contributed by atoms with Gasteiger partial charge in [-0.1, -0.05) is 29.8 Å². The van der Waals surface area contributed by atoms with Crippen molar-refractivity contribution >= 4 is 23.4 Å². The van der Waals surface area contributed by atoms with Crippen LogP contribution in [0, 0.1) is 0 Å². The lowest BCUT2D eigenvalue weighted by Gasteiger charge is -2.22. The molecule has 0 saturated heterocycles. The molecule has 1 heterocycles. The van der Waals surface area contributed by atoms with Crippen LogP contribution in [0.3, 0.4) is 0 Å². The van der Waals surface area contributed by atoms with E-state index in [1.54, 1.807) is 6.07 Å². The second kappa shape index (κ2) is 5.73. The minimum absolute atomic E-state index is 0.300. The summed E-state index contributed by atoms with van der Waals surface area (Å²) in [6.07, 6.45) is 8.29. The molecule has 1 fully saturated rings. The molecule has 0 N–H and O–H groups in total. The molecule has 1 aliphatic rings. The molecule has 1 aliphatic carbocycles. The van der Waals surface area contributed by atoms with Gasteiger partial charge in [-0.25, -0.2) is 4.98 Å². The third-order valence-corrected chi connectivity index (χ3v) is 3.41. The Bertz CT molecular complexity index is 356. The highest BCUT2D eigenvalue weighted by molar-refractivity contribution is 7.98. The topological polar surface area (TPSA) is 35.0 Å². The summed E-state index contributed by atoms with van der Waals surface area (Å²) in [5.41, 5.74) is 0. The van der Waals surface area contributed by atoms with Crippen molar-refractivity contribution in [1.82, 2.24) is 9.97 Å². The van der Waals surface area contributed by atoms with E-state index in [-0.39, 0.29) is 0 Å². The summed E-state index contributed by atoms with van der Waals surface area (Å²) in [7, 11) is 0. The van der Waals surface area contributed by atoms with E-state index in [1.165, 1.54) is 31.0 Å². The van der Waals surface area contributed by atoms with Crippen molar-refractivity contribution in [2.45, 2.75) is 43.4 Å². The predicted octanol–water partition coefficient (Wildman–Crippen LogP) is 3.56. The van der Waals surface area contributed by atoms with E-state index in [9.17, 15) is 0 Å². The second-order valence-corrected chi connectivity index (χ2v) is 5.05. The Labute approximate surface area is 105 Å². The van der Waals surface area contributed by atoms with Crippen LogP contribution in [0.4, 0.5) is 0 Å². The van der Waals surface area contributed by atoms with E-state index in [1.807, 2.05) is 6.26 Å². The van der Waals surface area contributed by atoms with Crippen LogP contribution in [0.5, 0.6) is 5.88 Å². The number of nitrogens with zero attached hydrogens (tertiary/aromatic N) is 2. The molecular formula is C11H15ClN2OS. The van der Waals surface area contributed by atoms with Crippen molar-refractivity contribution in [3.05, 3.63) is 11.2 Å². The zero-order valence-electron chi connectivity index (χ0n) is 9.28. The van der Waals surface area contributed by atoms with Crippen LogP contribution in [0.2, 0.25) is 5.15 Å². The van der Waals surface area contributed by atoms with Gasteiger partial charge in [-0.15, -0.1) is 0 Å². The maximum atomic E-state index is 5.90. The average Bonchev–Trinajstić information content (AvgIpc) is 2.29. The van der Waals surface area contributed by atoms with Crippen LogP contribution in [-0.2, 0) is 0 Å². The highest BCUT2D eigenvalue weighted by Crippen LogP contribution is 2.24. The van der Waals surface area contributed by atoms with E-state index in [2.05, 4.69) is 9.97 Å². The maximum absolute atomic E-state index is 5.90. The fourth-order valence-corrected chi connectivity index (χ4v) is 2.48. The molecule has 0 amide bonds. The summed E-state index contributed by atoms with van der Waals surface area (Å²) < 4.78 is 5.83. The highest BCUT2D eigenvalue weighted by atomic mass is 35.5. The largest absolute Gasteiger partial charge is 0.474 e. The van der Waals surface area contributed by atoms with Crippen molar-refractivity contribution in [3.8, 4) is 5.88 Å². The van der Waals surface area contributed by atoms with Crippen molar-refractivity contribution in [1.29, 1.82) is 0 Å². The van der Waals surface area contributed by atoms with E-state index in [0.29, 0.717) is 22.3 Å². The van der Waals surface area contributed by atoms with E-state index in [0.717, 1.165) is 12.8 Å². The zero-order chi connectivity index (χ0) is 11.4. The Balaban J connectivity index is 2.04. The Kier molecular flexibility index (Phi) is 4.29. The number of thioether (sulfide) groups is 1. The Morgan fingerprint density at radius 2 is 2.06 bits per heavy atom. The van der Waals surface area contributed by atoms with Crippen LogP contribution in [0.1, 0.15) is 32.1 Å². The van der Waals surface area contributed by atoms with Crippen LogP contribution in [0.25, 0.3) is 0 Å². The maximum Gasteiger partial charge on any atom is 0.219 e. The average molecular weight is 259 g/mol. The monoisotopic (exact) mass is 258 g/mol. The molecule has 1 aromatic heterocycles. The van der Waals surface area contributed by atoms with E-state index >= 15 is 0 Å². The van der Waals surface area contributed by atoms with Gasteiger partial charge >= 0.3 is 0 Å². The summed E-state index contributed by atoms with van der Waals surface area (Å²) in [5, 5.41) is 1.11. The Morgan fingerprint density at radius 3 is 2.75 bits per heavy atom. The predicted molar refractivity (Wildman–Crippen MR) is 66.3 cm³/mol. The van der Waals surface area contributed by atoms with Crippen molar-refractivity contribution in [2.75, 3.05) is 6.26 Å². The quantitative estimate of drug-likeness (QED) is 0.472. The van der Waals surface area contributed by atoms with Crippen molar-refractivity contribution in [3.63, 3.8) is 0 Å². The van der Waals surface area contributed by atoms with Gasteiger partial charge in [0.1, 0.15) is 11.3 Å². The number of hydrogen-bond donors (Lipinski definition) is 0. The first-order valence-electron chi connectivity index (χ1n) is 5.53. The molecule has 1 saturated carbocycles. The minimum atomic E-state index is 0.300. The molecule has 16 heavy (non-hydrogen) atoms. The molecule has 0 aromatic carbocycles. The molecule has 0 bridgehead atoms. The molecule has 1 aromatic rings. The van der Waals surface area contributed by atoms with Crippen LogP contribution >= 0.6 is 23.4 Å². The Morgan fingerprint density at radius 1 is 1.31 bits per heavy atom. The highest BCUT2D eigenvalue weighted by Gasteiger charge is 2.16. The number of ether oxygens (including phenoxy) is 1. The standard InChI is InChI=1S/C11H15ClN2OS/c1-16-11-13-9(12)7-10(14-11)15-8-5-3-2-4-6-8/h7-8H,2-6H2,1H3. The summed E-state index contributed by atoms with van der Waals surface area (Å²) in [6.45, 7) is 0. The summed E-state index contributed by atoms with van der Waals surface area (Å²) in [5.74, 6) is 0.608. The van der Waals surface area contributed by atoms with Gasteiger partial charge in [0.2, 0.25) is 5.88 Å². The molecule has 0 radical (unpaired) electrons. The molecule has 2 rings (SSSR count). The van der Waals surface area contributed by atoms with Crippen LogP contribution < -0.4 is 4.74 Å². The molecule has 88 valence electrons. The number of aromatic nitrogens is 2. The number of rotatable bonds is 3. The molecule has 5 heteroatoms. The van der Waals surface area contributed by atoms with E-state index in [4.69, 9.17) is 16.3 Å². The Hall–Kier alpha value is -0.480. The first kappa shape index (κ1) is 12.0.